The Morgan fingerprint density at radius 1 is 1.06 bits per heavy atom. The van der Waals surface area contributed by atoms with Gasteiger partial charge in [-0.1, -0.05) is 57.5 Å². The Hall–Kier alpha value is -2.57. The Labute approximate surface area is 197 Å². The largest absolute Gasteiger partial charge is 0.458 e. The maximum Gasteiger partial charge on any atom is 0.408 e. The van der Waals surface area contributed by atoms with Crippen molar-refractivity contribution >= 4 is 18.0 Å². The number of rotatable bonds is 5. The van der Waals surface area contributed by atoms with E-state index in [4.69, 9.17) is 9.47 Å². The van der Waals surface area contributed by atoms with Crippen LogP contribution in [0, 0.1) is 17.3 Å². The van der Waals surface area contributed by atoms with E-state index < -0.39 is 29.2 Å². The lowest BCUT2D eigenvalue weighted by Gasteiger charge is -2.36. The van der Waals surface area contributed by atoms with Gasteiger partial charge in [0.2, 0.25) is 5.91 Å². The number of esters is 1. The molecule has 1 aromatic carbocycles. The molecule has 7 heteroatoms. The van der Waals surface area contributed by atoms with Crippen LogP contribution in [-0.2, 0) is 25.7 Å². The van der Waals surface area contributed by atoms with Crippen LogP contribution in [0.4, 0.5) is 4.79 Å². The third-order valence-electron chi connectivity index (χ3n) is 6.41. The number of benzene rings is 1. The van der Waals surface area contributed by atoms with Crippen LogP contribution in [0.25, 0.3) is 0 Å². The minimum Gasteiger partial charge on any atom is -0.458 e. The van der Waals surface area contributed by atoms with Crippen molar-refractivity contribution < 1.29 is 23.9 Å². The fraction of sp³-hybridized carbons (Fsp3) is 0.654. The molecule has 1 heterocycles. The molecule has 7 nitrogen and oxygen atoms in total. The second-order valence-corrected chi connectivity index (χ2v) is 11.3. The molecule has 1 saturated heterocycles. The van der Waals surface area contributed by atoms with Gasteiger partial charge in [-0.25, -0.2) is 9.59 Å². The number of nitrogens with zero attached hydrogens (tertiary/aromatic N) is 1. The minimum absolute atomic E-state index is 0.106. The number of nitrogens with one attached hydrogen (secondary N) is 1. The third kappa shape index (κ3) is 6.27. The molecule has 3 rings (SSSR count). The molecular weight excluding hydrogens is 420 g/mol. The predicted molar refractivity (Wildman–Crippen MR) is 125 cm³/mol. The van der Waals surface area contributed by atoms with Gasteiger partial charge in [-0.3, -0.25) is 4.79 Å². The number of carbonyl (C=O) groups is 3. The van der Waals surface area contributed by atoms with Gasteiger partial charge in [0.25, 0.3) is 0 Å². The smallest absolute Gasteiger partial charge is 0.408 e. The number of carbonyl (C=O) groups excluding carboxylic acids is 3. The van der Waals surface area contributed by atoms with Gasteiger partial charge in [-0.05, 0) is 56.4 Å². The van der Waals surface area contributed by atoms with Gasteiger partial charge in [0.05, 0.1) is 0 Å². The lowest BCUT2D eigenvalue weighted by molar-refractivity contribution is -0.165. The molecule has 2 amide bonds. The summed E-state index contributed by atoms with van der Waals surface area (Å²) in [5.74, 6) is -0.222. The SMILES string of the molecule is CC(C)(C)OC(=O)C1C2CCCC2CN1C(=O)[C@@H](NC(=O)OCc1ccccc1)C(C)(C)C. The molecule has 1 aliphatic heterocycles. The van der Waals surface area contributed by atoms with Crippen molar-refractivity contribution in [2.24, 2.45) is 17.3 Å². The zero-order valence-corrected chi connectivity index (χ0v) is 20.7. The normalized spacial score (nSPS) is 23.6. The predicted octanol–water partition coefficient (Wildman–Crippen LogP) is 4.30. The highest BCUT2D eigenvalue weighted by molar-refractivity contribution is 5.91. The van der Waals surface area contributed by atoms with Gasteiger partial charge in [-0.2, -0.15) is 0 Å². The number of alkyl carbamates (subject to hydrolysis) is 1. The van der Waals surface area contributed by atoms with E-state index in [9.17, 15) is 14.4 Å². The zero-order chi connectivity index (χ0) is 24.4. The quantitative estimate of drug-likeness (QED) is 0.665. The number of fused-ring (bicyclic) bond motifs is 1. The fourth-order valence-corrected chi connectivity index (χ4v) is 4.89. The first-order chi connectivity index (χ1) is 15.4. The first-order valence-corrected chi connectivity index (χ1v) is 11.9. The Morgan fingerprint density at radius 3 is 2.33 bits per heavy atom. The van der Waals surface area contributed by atoms with E-state index in [1.165, 1.54) is 0 Å². The average Bonchev–Trinajstić information content (AvgIpc) is 3.29. The summed E-state index contributed by atoms with van der Waals surface area (Å²) < 4.78 is 11.1. The van der Waals surface area contributed by atoms with E-state index in [1.54, 1.807) is 4.90 Å². The molecule has 182 valence electrons. The maximum absolute atomic E-state index is 13.8. The van der Waals surface area contributed by atoms with Gasteiger partial charge in [0.15, 0.2) is 0 Å². The van der Waals surface area contributed by atoms with Crippen LogP contribution in [0.1, 0.15) is 66.4 Å². The van der Waals surface area contributed by atoms with Crippen molar-refractivity contribution in [1.82, 2.24) is 10.2 Å². The van der Waals surface area contributed by atoms with Crippen molar-refractivity contribution in [3.8, 4) is 0 Å². The highest BCUT2D eigenvalue weighted by atomic mass is 16.6. The molecular formula is C26H38N2O5. The van der Waals surface area contributed by atoms with E-state index in [2.05, 4.69) is 5.32 Å². The first-order valence-electron chi connectivity index (χ1n) is 11.9. The summed E-state index contributed by atoms with van der Waals surface area (Å²) in [6, 6.07) is 7.94. The van der Waals surface area contributed by atoms with Crippen molar-refractivity contribution in [2.45, 2.75) is 85.1 Å². The van der Waals surface area contributed by atoms with Crippen LogP contribution >= 0.6 is 0 Å². The molecule has 1 aromatic rings. The van der Waals surface area contributed by atoms with Gasteiger partial charge in [0.1, 0.15) is 24.3 Å². The Morgan fingerprint density at radius 2 is 1.73 bits per heavy atom. The Bertz CT molecular complexity index is 856. The lowest BCUT2D eigenvalue weighted by atomic mass is 9.85. The molecule has 0 spiro atoms. The molecule has 3 unspecified atom stereocenters. The molecule has 0 aromatic heterocycles. The van der Waals surface area contributed by atoms with E-state index in [0.29, 0.717) is 6.54 Å². The van der Waals surface area contributed by atoms with Gasteiger partial charge < -0.3 is 19.7 Å². The van der Waals surface area contributed by atoms with E-state index >= 15 is 0 Å². The second kappa shape index (κ2) is 9.74. The average molecular weight is 459 g/mol. The molecule has 2 aliphatic rings. The van der Waals surface area contributed by atoms with Crippen molar-refractivity contribution in [3.05, 3.63) is 35.9 Å². The zero-order valence-electron chi connectivity index (χ0n) is 20.7. The van der Waals surface area contributed by atoms with Gasteiger partial charge in [0, 0.05) is 6.54 Å². The summed E-state index contributed by atoms with van der Waals surface area (Å²) >= 11 is 0. The highest BCUT2D eigenvalue weighted by Gasteiger charge is 2.52. The molecule has 33 heavy (non-hydrogen) atoms. The standard InChI is InChI=1S/C26H38N2O5/c1-25(2,3)21(27-24(31)32-16-17-11-8-7-9-12-17)22(29)28-15-18-13-10-14-19(18)20(28)23(30)33-26(4,5)6/h7-9,11-12,18-21H,10,13-16H2,1-6H3,(H,27,31)/t18?,19?,20?,21-/m1/s1. The molecule has 2 fully saturated rings. The summed E-state index contributed by atoms with van der Waals surface area (Å²) in [6.45, 7) is 11.8. The lowest BCUT2D eigenvalue weighted by Crippen LogP contribution is -2.57. The monoisotopic (exact) mass is 458 g/mol. The molecule has 0 bridgehead atoms. The van der Waals surface area contributed by atoms with Crippen molar-refractivity contribution in [2.75, 3.05) is 6.54 Å². The number of ether oxygens (including phenoxy) is 2. The Balaban J connectivity index is 1.75. The van der Waals surface area contributed by atoms with Crippen LogP contribution in [0.2, 0.25) is 0 Å². The van der Waals surface area contributed by atoms with E-state index in [0.717, 1.165) is 24.8 Å². The third-order valence-corrected chi connectivity index (χ3v) is 6.41. The maximum atomic E-state index is 13.8. The molecule has 1 saturated carbocycles. The van der Waals surface area contributed by atoms with E-state index in [1.807, 2.05) is 71.9 Å². The molecule has 0 radical (unpaired) electrons. The topological polar surface area (TPSA) is 84.9 Å². The first kappa shape index (κ1) is 25.1. The molecule has 1 aliphatic carbocycles. The summed E-state index contributed by atoms with van der Waals surface area (Å²) in [6.07, 6.45) is 2.31. The molecule has 4 atom stereocenters. The molecule has 1 N–H and O–H groups in total. The van der Waals surface area contributed by atoms with Gasteiger partial charge in [-0.15, -0.1) is 0 Å². The number of hydrogen-bond donors (Lipinski definition) is 1. The summed E-state index contributed by atoms with van der Waals surface area (Å²) in [7, 11) is 0. The summed E-state index contributed by atoms with van der Waals surface area (Å²) in [5, 5.41) is 2.77. The van der Waals surface area contributed by atoms with Crippen molar-refractivity contribution in [3.63, 3.8) is 0 Å². The number of likely N-dealkylation sites (tertiary alicyclic amines) is 1. The number of hydrogen-bond acceptors (Lipinski definition) is 5. The number of amides is 2. The van der Waals surface area contributed by atoms with Crippen molar-refractivity contribution in [1.29, 1.82) is 0 Å². The van der Waals surface area contributed by atoms with Crippen LogP contribution in [0.15, 0.2) is 30.3 Å². The summed E-state index contributed by atoms with van der Waals surface area (Å²) in [5.41, 5.74) is -0.339. The summed E-state index contributed by atoms with van der Waals surface area (Å²) in [4.78, 5) is 41.2. The van der Waals surface area contributed by atoms with Crippen LogP contribution in [0.3, 0.4) is 0 Å². The minimum atomic E-state index is -0.829. The fourth-order valence-electron chi connectivity index (χ4n) is 4.89. The Kier molecular flexibility index (Phi) is 7.39. The van der Waals surface area contributed by atoms with Crippen LogP contribution in [-0.4, -0.2) is 47.1 Å². The van der Waals surface area contributed by atoms with Gasteiger partial charge >= 0.3 is 12.1 Å². The van der Waals surface area contributed by atoms with E-state index in [-0.39, 0.29) is 30.3 Å². The van der Waals surface area contributed by atoms with Crippen LogP contribution in [0.5, 0.6) is 0 Å². The second-order valence-electron chi connectivity index (χ2n) is 11.3. The highest BCUT2D eigenvalue weighted by Crippen LogP contribution is 2.43. The van der Waals surface area contributed by atoms with Crippen LogP contribution < -0.4 is 5.32 Å².